The molecule has 3 unspecified atom stereocenters. The van der Waals surface area contributed by atoms with E-state index < -0.39 is 8.60 Å². The highest BCUT2D eigenvalue weighted by molar-refractivity contribution is 7.39. The molecular formula is C8H17O3P. The van der Waals surface area contributed by atoms with Crippen molar-refractivity contribution in [2.24, 2.45) is 11.8 Å². The lowest BCUT2D eigenvalue weighted by molar-refractivity contribution is 0.0701. The maximum Gasteiger partial charge on any atom is 0.327 e. The third kappa shape index (κ3) is 2.98. The largest absolute Gasteiger partial charge is 0.328 e. The van der Waals surface area contributed by atoms with Crippen LogP contribution in [0.2, 0.25) is 0 Å². The summed E-state index contributed by atoms with van der Waals surface area (Å²) < 4.78 is 5.03. The van der Waals surface area contributed by atoms with E-state index in [2.05, 4.69) is 13.8 Å². The zero-order valence-corrected chi connectivity index (χ0v) is 8.50. The molecule has 0 radical (unpaired) electrons. The Hall–Kier alpha value is 0.310. The summed E-state index contributed by atoms with van der Waals surface area (Å²) in [6, 6.07) is 0. The summed E-state index contributed by atoms with van der Waals surface area (Å²) in [5, 5.41) is 0. The molecule has 3 atom stereocenters. The minimum Gasteiger partial charge on any atom is -0.328 e. The molecule has 0 heterocycles. The molecule has 4 heteroatoms. The van der Waals surface area contributed by atoms with Crippen LogP contribution in [-0.2, 0) is 4.52 Å². The Bertz CT molecular complexity index is 140. The first-order valence-corrected chi connectivity index (χ1v) is 5.60. The lowest BCUT2D eigenvalue weighted by atomic mass is 9.81. The topological polar surface area (TPSA) is 49.7 Å². The van der Waals surface area contributed by atoms with Gasteiger partial charge in [-0.1, -0.05) is 13.8 Å². The quantitative estimate of drug-likeness (QED) is 0.658. The van der Waals surface area contributed by atoms with Crippen molar-refractivity contribution in [2.75, 3.05) is 0 Å². The average Bonchev–Trinajstić information content (AvgIpc) is 1.94. The van der Waals surface area contributed by atoms with E-state index >= 15 is 0 Å². The monoisotopic (exact) mass is 192 g/mol. The molecule has 0 saturated heterocycles. The first-order chi connectivity index (χ1) is 5.59. The van der Waals surface area contributed by atoms with E-state index in [0.717, 1.165) is 25.2 Å². The van der Waals surface area contributed by atoms with Crippen molar-refractivity contribution in [1.82, 2.24) is 0 Å². The fourth-order valence-corrected chi connectivity index (χ4v) is 2.47. The zero-order chi connectivity index (χ0) is 9.14. The van der Waals surface area contributed by atoms with Gasteiger partial charge in [-0.25, -0.2) is 0 Å². The molecule has 2 N–H and O–H groups in total. The van der Waals surface area contributed by atoms with Crippen molar-refractivity contribution >= 4 is 8.60 Å². The van der Waals surface area contributed by atoms with Gasteiger partial charge in [0.05, 0.1) is 6.10 Å². The lowest BCUT2D eigenvalue weighted by Gasteiger charge is -2.32. The molecule has 72 valence electrons. The molecule has 0 bridgehead atoms. The van der Waals surface area contributed by atoms with Gasteiger partial charge >= 0.3 is 8.60 Å². The standard InChI is InChI=1S/C8H17O3P/c1-6-3-4-8(7(2)5-6)11-12(9)10/h6-10H,3-5H2,1-2H3. The fourth-order valence-electron chi connectivity index (χ4n) is 1.92. The Balaban J connectivity index is 2.34. The van der Waals surface area contributed by atoms with Gasteiger partial charge in [-0.05, 0) is 31.1 Å². The van der Waals surface area contributed by atoms with Crippen LogP contribution in [0.4, 0.5) is 0 Å². The van der Waals surface area contributed by atoms with Gasteiger partial charge in [-0.15, -0.1) is 0 Å². The SMILES string of the molecule is CC1CCC(OP(O)O)C(C)C1. The molecule has 1 aliphatic carbocycles. The van der Waals surface area contributed by atoms with Crippen LogP contribution >= 0.6 is 8.60 Å². The van der Waals surface area contributed by atoms with Crippen LogP contribution in [-0.4, -0.2) is 15.9 Å². The van der Waals surface area contributed by atoms with Crippen LogP contribution in [0.3, 0.4) is 0 Å². The molecule has 12 heavy (non-hydrogen) atoms. The molecule has 0 amide bonds. The molecule has 3 nitrogen and oxygen atoms in total. The highest BCUT2D eigenvalue weighted by atomic mass is 31.2. The normalized spacial score (nSPS) is 37.2. The van der Waals surface area contributed by atoms with Crippen LogP contribution in [0.1, 0.15) is 33.1 Å². The maximum atomic E-state index is 8.69. The molecule has 0 spiro atoms. The van der Waals surface area contributed by atoms with Crippen LogP contribution in [0, 0.1) is 11.8 Å². The summed E-state index contributed by atoms with van der Waals surface area (Å²) in [5.41, 5.74) is 0. The van der Waals surface area contributed by atoms with Crippen LogP contribution in [0.15, 0.2) is 0 Å². The summed E-state index contributed by atoms with van der Waals surface area (Å²) in [4.78, 5) is 17.4. The van der Waals surface area contributed by atoms with Crippen LogP contribution in [0.25, 0.3) is 0 Å². The highest BCUT2D eigenvalue weighted by Crippen LogP contribution is 2.37. The molecular weight excluding hydrogens is 175 g/mol. The first kappa shape index (κ1) is 10.4. The van der Waals surface area contributed by atoms with E-state index in [1.54, 1.807) is 0 Å². The van der Waals surface area contributed by atoms with Crippen molar-refractivity contribution in [3.8, 4) is 0 Å². The molecule has 1 rings (SSSR count). The van der Waals surface area contributed by atoms with Crippen molar-refractivity contribution in [1.29, 1.82) is 0 Å². The highest BCUT2D eigenvalue weighted by Gasteiger charge is 2.27. The Kier molecular flexibility index (Phi) is 3.91. The number of rotatable bonds is 2. The average molecular weight is 192 g/mol. The summed E-state index contributed by atoms with van der Waals surface area (Å²) in [5.74, 6) is 1.21. The molecule has 1 aliphatic rings. The first-order valence-electron chi connectivity index (χ1n) is 4.44. The van der Waals surface area contributed by atoms with Crippen LogP contribution in [0.5, 0.6) is 0 Å². The minimum absolute atomic E-state index is 0.0577. The van der Waals surface area contributed by atoms with E-state index in [0.29, 0.717) is 5.92 Å². The van der Waals surface area contributed by atoms with Gasteiger partial charge < -0.3 is 14.3 Å². The van der Waals surface area contributed by atoms with Crippen molar-refractivity contribution in [2.45, 2.75) is 39.2 Å². The van der Waals surface area contributed by atoms with Gasteiger partial charge in [0.15, 0.2) is 0 Å². The Morgan fingerprint density at radius 3 is 2.42 bits per heavy atom. The summed E-state index contributed by atoms with van der Waals surface area (Å²) >= 11 is 0. The number of hydrogen-bond donors (Lipinski definition) is 2. The lowest BCUT2D eigenvalue weighted by Crippen LogP contribution is -2.27. The van der Waals surface area contributed by atoms with Crippen molar-refractivity contribution < 1.29 is 14.3 Å². The smallest absolute Gasteiger partial charge is 0.327 e. The summed E-state index contributed by atoms with van der Waals surface area (Å²) in [6.45, 7) is 4.34. The second-order valence-electron chi connectivity index (χ2n) is 3.79. The third-order valence-corrected chi connectivity index (χ3v) is 3.04. The Labute approximate surface area is 74.7 Å². The minimum atomic E-state index is -2.16. The maximum absolute atomic E-state index is 8.69. The van der Waals surface area contributed by atoms with Gasteiger partial charge in [0.25, 0.3) is 0 Å². The molecule has 0 aromatic rings. The van der Waals surface area contributed by atoms with E-state index in [4.69, 9.17) is 14.3 Å². The van der Waals surface area contributed by atoms with E-state index in [-0.39, 0.29) is 6.10 Å². The predicted octanol–water partition coefficient (Wildman–Crippen LogP) is 2.04. The molecule has 0 aliphatic heterocycles. The van der Waals surface area contributed by atoms with Crippen LogP contribution < -0.4 is 0 Å². The van der Waals surface area contributed by atoms with Crippen molar-refractivity contribution in [3.63, 3.8) is 0 Å². The Morgan fingerprint density at radius 1 is 1.25 bits per heavy atom. The Morgan fingerprint density at radius 2 is 1.92 bits per heavy atom. The van der Waals surface area contributed by atoms with E-state index in [9.17, 15) is 0 Å². The van der Waals surface area contributed by atoms with Gasteiger partial charge in [-0.2, -0.15) is 0 Å². The fraction of sp³-hybridized carbons (Fsp3) is 1.00. The van der Waals surface area contributed by atoms with Crippen molar-refractivity contribution in [3.05, 3.63) is 0 Å². The molecule has 0 aromatic carbocycles. The van der Waals surface area contributed by atoms with Gasteiger partial charge in [0, 0.05) is 0 Å². The second-order valence-corrected chi connectivity index (χ2v) is 4.51. The molecule has 1 fully saturated rings. The predicted molar refractivity (Wildman–Crippen MR) is 48.4 cm³/mol. The van der Waals surface area contributed by atoms with Gasteiger partial charge in [0.1, 0.15) is 0 Å². The van der Waals surface area contributed by atoms with Gasteiger partial charge in [0.2, 0.25) is 0 Å². The van der Waals surface area contributed by atoms with E-state index in [1.807, 2.05) is 0 Å². The summed E-state index contributed by atoms with van der Waals surface area (Å²) in [7, 11) is -2.16. The van der Waals surface area contributed by atoms with Gasteiger partial charge in [-0.3, -0.25) is 0 Å². The van der Waals surface area contributed by atoms with E-state index in [1.165, 1.54) is 0 Å². The number of hydrogen-bond acceptors (Lipinski definition) is 3. The molecule has 1 saturated carbocycles. The molecule has 0 aromatic heterocycles. The zero-order valence-electron chi connectivity index (χ0n) is 7.60. The third-order valence-electron chi connectivity index (χ3n) is 2.58. The second kappa shape index (κ2) is 4.52. The summed E-state index contributed by atoms with van der Waals surface area (Å²) in [6.07, 6.45) is 3.29.